The van der Waals surface area contributed by atoms with Crippen molar-refractivity contribution < 1.29 is 14.3 Å². The Morgan fingerprint density at radius 1 is 0.974 bits per heavy atom. The summed E-state index contributed by atoms with van der Waals surface area (Å²) in [5, 5.41) is 12.1. The highest BCUT2D eigenvalue weighted by Crippen LogP contribution is 2.53. The van der Waals surface area contributed by atoms with E-state index in [4.69, 9.17) is 23.1 Å². The molecule has 0 saturated heterocycles. The molecular formula is C30H38N2O3S4. The van der Waals surface area contributed by atoms with E-state index in [2.05, 4.69) is 47.8 Å². The number of rotatable bonds is 13. The van der Waals surface area contributed by atoms with Gasteiger partial charge in [0.25, 0.3) is 0 Å². The monoisotopic (exact) mass is 602 g/mol. The third-order valence-corrected chi connectivity index (χ3v) is 12.0. The fourth-order valence-electron chi connectivity index (χ4n) is 4.61. The Labute approximate surface area is 249 Å². The average Bonchev–Trinajstić information content (AvgIpc) is 3.62. The number of carbonyl (C=O) groups is 2. The van der Waals surface area contributed by atoms with Gasteiger partial charge >= 0.3 is 5.97 Å². The molecule has 2 N–H and O–H groups in total. The van der Waals surface area contributed by atoms with Gasteiger partial charge in [-0.1, -0.05) is 19.9 Å². The van der Waals surface area contributed by atoms with Crippen molar-refractivity contribution in [2.24, 2.45) is 22.0 Å². The smallest absolute Gasteiger partial charge is 0.313 e. The minimum atomic E-state index is -0.972. The number of hydrogen-bond acceptors (Lipinski definition) is 8. The second-order valence-electron chi connectivity index (χ2n) is 11.7. The summed E-state index contributed by atoms with van der Waals surface area (Å²) in [5.41, 5.74) is 2.92. The fraction of sp³-hybridized carbons (Fsp3) is 0.500. The molecule has 2 unspecified atom stereocenters. The summed E-state index contributed by atoms with van der Waals surface area (Å²) < 4.78 is 5.15. The molecule has 1 amide bonds. The second kappa shape index (κ2) is 12.2. The zero-order chi connectivity index (χ0) is 29.1. The molecule has 0 aliphatic rings. The van der Waals surface area contributed by atoms with Gasteiger partial charge in [-0.2, -0.15) is 17.9 Å². The van der Waals surface area contributed by atoms with E-state index in [0.29, 0.717) is 19.3 Å². The molecule has 210 valence electrons. The van der Waals surface area contributed by atoms with Gasteiger partial charge in [0.15, 0.2) is 0 Å². The number of hydrogen-bond donors (Lipinski definition) is 2. The molecule has 9 heteroatoms. The summed E-state index contributed by atoms with van der Waals surface area (Å²) in [6, 6.07) is 15.2. The van der Waals surface area contributed by atoms with Crippen LogP contribution in [0.1, 0.15) is 65.7 Å². The van der Waals surface area contributed by atoms with Crippen LogP contribution in [-0.4, -0.2) is 23.2 Å². The molecule has 0 aliphatic heterocycles. The molecule has 3 heterocycles. The lowest BCUT2D eigenvalue weighted by Gasteiger charge is -2.48. The van der Waals surface area contributed by atoms with Gasteiger partial charge in [0.1, 0.15) is 0 Å². The Hall–Kier alpha value is -2.12. The van der Waals surface area contributed by atoms with E-state index >= 15 is 0 Å². The molecule has 3 aromatic heterocycles. The molecule has 0 saturated carbocycles. The number of primary amides is 1. The predicted octanol–water partition coefficient (Wildman–Crippen LogP) is 8.22. The number of thiophene rings is 3. The number of thiol groups is 1. The summed E-state index contributed by atoms with van der Waals surface area (Å²) in [5.74, 6) is -0.774. The molecule has 0 aliphatic carbocycles. The quantitative estimate of drug-likeness (QED) is 0.152. The highest BCUT2D eigenvalue weighted by molar-refractivity contribution is 7.81. The maximum Gasteiger partial charge on any atom is 0.313 e. The molecule has 3 rings (SSSR count). The number of nitrogens with two attached hydrogens (primary N) is 1. The van der Waals surface area contributed by atoms with Gasteiger partial charge in [0.05, 0.1) is 23.5 Å². The van der Waals surface area contributed by atoms with Crippen molar-refractivity contribution in [3.05, 3.63) is 46.7 Å². The minimum absolute atomic E-state index is 0.114. The van der Waals surface area contributed by atoms with Crippen molar-refractivity contribution in [3.63, 3.8) is 0 Å². The lowest BCUT2D eigenvalue weighted by molar-refractivity contribution is -0.160. The van der Waals surface area contributed by atoms with Crippen molar-refractivity contribution in [3.8, 4) is 25.6 Å². The van der Waals surface area contributed by atoms with Crippen LogP contribution in [0.15, 0.2) is 41.8 Å². The van der Waals surface area contributed by atoms with E-state index in [0.717, 1.165) is 4.88 Å². The zero-order valence-corrected chi connectivity index (χ0v) is 26.8. The van der Waals surface area contributed by atoms with E-state index in [1.54, 1.807) is 34.0 Å². The van der Waals surface area contributed by atoms with Crippen molar-refractivity contribution in [2.75, 3.05) is 6.61 Å². The topological polar surface area (TPSA) is 93.2 Å². The van der Waals surface area contributed by atoms with Crippen LogP contribution in [-0.2, 0) is 20.7 Å². The maximum absolute atomic E-state index is 13.6. The minimum Gasteiger partial charge on any atom is -0.465 e. The summed E-state index contributed by atoms with van der Waals surface area (Å²) in [4.78, 5) is 31.1. The van der Waals surface area contributed by atoms with Gasteiger partial charge in [0.2, 0.25) is 5.91 Å². The first kappa shape index (κ1) is 31.4. The predicted molar refractivity (Wildman–Crippen MR) is 167 cm³/mol. The number of nitriles is 1. The highest BCUT2D eigenvalue weighted by Gasteiger charge is 2.53. The molecule has 2 atom stereocenters. The Morgan fingerprint density at radius 2 is 1.59 bits per heavy atom. The third kappa shape index (κ3) is 7.15. The van der Waals surface area contributed by atoms with E-state index < -0.39 is 26.9 Å². The van der Waals surface area contributed by atoms with Crippen molar-refractivity contribution in [1.29, 1.82) is 5.26 Å². The fourth-order valence-corrected chi connectivity index (χ4v) is 7.70. The SMILES string of the molecule is CC(C)(S)C(C)(CC(C)(C)C(C)(C#N)CCC(N)=O)C(=O)OCCc1ccc(-c2ccc(-c3cccs3)s2)s1. The third-order valence-electron chi connectivity index (χ3n) is 8.06. The number of nitrogens with zero attached hydrogens (tertiary/aromatic N) is 1. The Balaban J connectivity index is 1.67. The molecule has 0 aromatic carbocycles. The first-order chi connectivity index (χ1) is 18.1. The van der Waals surface area contributed by atoms with Crippen LogP contribution in [0.2, 0.25) is 0 Å². The second-order valence-corrected chi connectivity index (χ2v) is 16.0. The average molecular weight is 603 g/mol. The Morgan fingerprint density at radius 3 is 2.15 bits per heavy atom. The summed E-state index contributed by atoms with van der Waals surface area (Å²) in [6.45, 7) is 11.7. The number of ether oxygens (including phenoxy) is 1. The first-order valence-corrected chi connectivity index (χ1v) is 15.9. The Kier molecular flexibility index (Phi) is 9.80. The lowest BCUT2D eigenvalue weighted by Crippen LogP contribution is -2.50. The van der Waals surface area contributed by atoms with E-state index in [1.807, 2.05) is 41.5 Å². The normalized spacial score (nSPS) is 15.2. The van der Waals surface area contributed by atoms with Crippen LogP contribution in [0.4, 0.5) is 0 Å². The van der Waals surface area contributed by atoms with Crippen LogP contribution < -0.4 is 5.73 Å². The van der Waals surface area contributed by atoms with E-state index in [1.165, 1.54) is 19.5 Å². The molecule has 0 bridgehead atoms. The standard InChI is InChI=1S/C30H38N2O3S4/c1-27(2,29(5,19-31)15-13-25(32)33)18-30(6,28(3,4)36)26(34)35-16-14-20-9-10-23(38-20)24-12-11-22(39-24)21-8-7-17-37-21/h7-12,17,36H,13-16,18H2,1-6H3,(H2,32,33). The highest BCUT2D eigenvalue weighted by atomic mass is 32.1. The van der Waals surface area contributed by atoms with Gasteiger partial charge in [-0.15, -0.1) is 34.0 Å². The molecular weight excluding hydrogens is 565 g/mol. The maximum atomic E-state index is 13.6. The molecule has 0 spiro atoms. The number of carbonyl (C=O) groups excluding carboxylic acids is 2. The van der Waals surface area contributed by atoms with Gasteiger partial charge in [0, 0.05) is 42.0 Å². The largest absolute Gasteiger partial charge is 0.465 e. The summed E-state index contributed by atoms with van der Waals surface area (Å²) in [6.07, 6.45) is 1.43. The molecule has 0 radical (unpaired) electrons. The van der Waals surface area contributed by atoms with Crippen molar-refractivity contribution in [2.45, 2.75) is 72.0 Å². The van der Waals surface area contributed by atoms with Crippen LogP contribution in [0.3, 0.4) is 0 Å². The van der Waals surface area contributed by atoms with Gasteiger partial charge in [-0.3, -0.25) is 9.59 Å². The van der Waals surface area contributed by atoms with E-state index in [-0.39, 0.29) is 19.0 Å². The van der Waals surface area contributed by atoms with Gasteiger partial charge in [-0.05, 0) is 81.7 Å². The molecule has 3 aromatic rings. The van der Waals surface area contributed by atoms with Crippen molar-refractivity contribution in [1.82, 2.24) is 0 Å². The molecule has 39 heavy (non-hydrogen) atoms. The number of esters is 1. The zero-order valence-electron chi connectivity index (χ0n) is 23.5. The lowest BCUT2D eigenvalue weighted by atomic mass is 9.57. The van der Waals surface area contributed by atoms with E-state index in [9.17, 15) is 14.9 Å². The first-order valence-electron chi connectivity index (χ1n) is 12.9. The van der Waals surface area contributed by atoms with Crippen LogP contribution in [0.25, 0.3) is 19.5 Å². The summed E-state index contributed by atoms with van der Waals surface area (Å²) in [7, 11) is 0. The van der Waals surface area contributed by atoms with Crippen molar-refractivity contribution >= 4 is 58.5 Å². The van der Waals surface area contributed by atoms with Gasteiger partial charge in [-0.25, -0.2) is 0 Å². The molecule has 0 fully saturated rings. The van der Waals surface area contributed by atoms with Crippen LogP contribution in [0.5, 0.6) is 0 Å². The summed E-state index contributed by atoms with van der Waals surface area (Å²) >= 11 is 10.0. The van der Waals surface area contributed by atoms with Crippen LogP contribution in [0, 0.1) is 27.6 Å². The number of amides is 1. The van der Waals surface area contributed by atoms with Crippen LogP contribution >= 0.6 is 46.6 Å². The Bertz CT molecular complexity index is 1330. The molecule has 5 nitrogen and oxygen atoms in total. The van der Waals surface area contributed by atoms with Gasteiger partial charge < -0.3 is 10.5 Å².